The molecule has 1 aromatic heterocycles. The van der Waals surface area contributed by atoms with Crippen molar-refractivity contribution in [1.29, 1.82) is 0 Å². The number of benzene rings is 1. The Labute approximate surface area is 119 Å². The molecule has 1 aromatic carbocycles. The van der Waals surface area contributed by atoms with Gasteiger partial charge in [-0.3, -0.25) is 10.1 Å². The highest BCUT2D eigenvalue weighted by atomic mass is 16.2. The van der Waals surface area contributed by atoms with Crippen LogP contribution in [0.3, 0.4) is 0 Å². The molecule has 108 valence electrons. The first-order chi connectivity index (χ1) is 9.41. The quantitative estimate of drug-likeness (QED) is 0.923. The van der Waals surface area contributed by atoms with Gasteiger partial charge in [-0.2, -0.15) is 0 Å². The summed E-state index contributed by atoms with van der Waals surface area (Å²) in [5, 5.41) is 3.30. The Hall–Kier alpha value is -1.88. The van der Waals surface area contributed by atoms with Gasteiger partial charge in [-0.15, -0.1) is 0 Å². The molecule has 0 aliphatic rings. The maximum absolute atomic E-state index is 11.9. The number of likely N-dealkylation sites (N-methyl/N-ethyl adjacent to an activating group) is 1. The number of amides is 1. The van der Waals surface area contributed by atoms with E-state index in [0.717, 1.165) is 16.9 Å². The zero-order valence-electron chi connectivity index (χ0n) is 12.7. The SMILES string of the molecule is CC(NC(C)c1nc2ccccc2n1C)C(=O)N(C)C. The van der Waals surface area contributed by atoms with E-state index in [1.807, 2.05) is 45.2 Å². The standard InChI is InChI=1S/C15H22N4O/c1-10(16-11(2)15(20)18(3)4)14-17-12-8-6-7-9-13(12)19(14)5/h6-11,16H,1-5H3. The van der Waals surface area contributed by atoms with Crippen LogP contribution < -0.4 is 5.32 Å². The summed E-state index contributed by atoms with van der Waals surface area (Å²) < 4.78 is 2.07. The minimum atomic E-state index is -0.236. The predicted molar refractivity (Wildman–Crippen MR) is 80.4 cm³/mol. The Bertz CT molecular complexity index is 617. The van der Waals surface area contributed by atoms with E-state index in [4.69, 9.17) is 0 Å². The molecule has 0 bridgehead atoms. The first kappa shape index (κ1) is 14.5. The lowest BCUT2D eigenvalue weighted by atomic mass is 10.2. The fourth-order valence-electron chi connectivity index (χ4n) is 2.46. The van der Waals surface area contributed by atoms with Gasteiger partial charge < -0.3 is 9.47 Å². The maximum atomic E-state index is 11.9. The van der Waals surface area contributed by atoms with E-state index in [-0.39, 0.29) is 18.0 Å². The van der Waals surface area contributed by atoms with Crippen molar-refractivity contribution >= 4 is 16.9 Å². The van der Waals surface area contributed by atoms with Crippen LogP contribution in [-0.2, 0) is 11.8 Å². The molecule has 0 aliphatic heterocycles. The van der Waals surface area contributed by atoms with Gasteiger partial charge in [0.1, 0.15) is 5.82 Å². The van der Waals surface area contributed by atoms with Crippen LogP contribution in [0.5, 0.6) is 0 Å². The minimum Gasteiger partial charge on any atom is -0.347 e. The van der Waals surface area contributed by atoms with Crippen LogP contribution >= 0.6 is 0 Å². The van der Waals surface area contributed by atoms with E-state index in [2.05, 4.69) is 14.9 Å². The lowest BCUT2D eigenvalue weighted by Gasteiger charge is -2.22. The first-order valence-corrected chi connectivity index (χ1v) is 6.80. The first-order valence-electron chi connectivity index (χ1n) is 6.80. The zero-order chi connectivity index (χ0) is 14.9. The molecular weight excluding hydrogens is 252 g/mol. The molecule has 20 heavy (non-hydrogen) atoms. The third kappa shape index (κ3) is 2.67. The van der Waals surface area contributed by atoms with Gasteiger partial charge in [0.15, 0.2) is 0 Å². The second-order valence-corrected chi connectivity index (χ2v) is 5.36. The summed E-state index contributed by atoms with van der Waals surface area (Å²) in [6.07, 6.45) is 0. The lowest BCUT2D eigenvalue weighted by Crippen LogP contribution is -2.42. The molecule has 0 saturated heterocycles. The molecule has 1 N–H and O–H groups in total. The van der Waals surface area contributed by atoms with Gasteiger partial charge in [0.2, 0.25) is 5.91 Å². The number of carbonyl (C=O) groups excluding carboxylic acids is 1. The lowest BCUT2D eigenvalue weighted by molar-refractivity contribution is -0.130. The largest absolute Gasteiger partial charge is 0.347 e. The fraction of sp³-hybridized carbons (Fsp3) is 0.467. The second kappa shape index (κ2) is 5.63. The predicted octanol–water partition coefficient (Wildman–Crippen LogP) is 1.70. The Morgan fingerprint density at radius 1 is 1.30 bits per heavy atom. The second-order valence-electron chi connectivity index (χ2n) is 5.36. The van der Waals surface area contributed by atoms with Crippen molar-refractivity contribution in [3.8, 4) is 0 Å². The normalized spacial score (nSPS) is 14.2. The van der Waals surface area contributed by atoms with Crippen molar-refractivity contribution < 1.29 is 4.79 Å². The minimum absolute atomic E-state index is 0.00583. The highest BCUT2D eigenvalue weighted by Gasteiger charge is 2.20. The van der Waals surface area contributed by atoms with Crippen molar-refractivity contribution in [3.05, 3.63) is 30.1 Å². The number of aromatic nitrogens is 2. The van der Waals surface area contributed by atoms with E-state index in [9.17, 15) is 4.79 Å². The molecular formula is C15H22N4O. The molecule has 5 nitrogen and oxygen atoms in total. The van der Waals surface area contributed by atoms with Gasteiger partial charge in [-0.1, -0.05) is 12.1 Å². The summed E-state index contributed by atoms with van der Waals surface area (Å²) in [7, 11) is 5.53. The molecule has 0 radical (unpaired) electrons. The zero-order valence-corrected chi connectivity index (χ0v) is 12.7. The number of carbonyl (C=O) groups is 1. The van der Waals surface area contributed by atoms with Gasteiger partial charge in [-0.05, 0) is 26.0 Å². The van der Waals surface area contributed by atoms with Gasteiger partial charge >= 0.3 is 0 Å². The Kier molecular flexibility index (Phi) is 4.09. The molecule has 2 atom stereocenters. The fourth-order valence-corrected chi connectivity index (χ4v) is 2.46. The third-order valence-corrected chi connectivity index (χ3v) is 3.52. The number of imidazole rings is 1. The van der Waals surface area contributed by atoms with Crippen LogP contribution in [0.4, 0.5) is 0 Å². The number of hydrogen-bond acceptors (Lipinski definition) is 3. The van der Waals surface area contributed by atoms with Gasteiger partial charge in [0, 0.05) is 21.1 Å². The van der Waals surface area contributed by atoms with Crippen LogP contribution in [0.25, 0.3) is 11.0 Å². The number of para-hydroxylation sites is 2. The molecule has 2 rings (SSSR count). The van der Waals surface area contributed by atoms with Gasteiger partial charge in [0.25, 0.3) is 0 Å². The molecule has 1 amide bonds. The number of rotatable bonds is 4. The number of aryl methyl sites for hydroxylation is 1. The number of nitrogens with one attached hydrogen (secondary N) is 1. The average molecular weight is 274 g/mol. The molecule has 1 heterocycles. The molecule has 2 aromatic rings. The highest BCUT2D eigenvalue weighted by Crippen LogP contribution is 2.19. The van der Waals surface area contributed by atoms with Gasteiger partial charge in [0.05, 0.1) is 23.1 Å². The van der Waals surface area contributed by atoms with E-state index in [1.165, 1.54) is 0 Å². The van der Waals surface area contributed by atoms with Crippen molar-refractivity contribution in [2.75, 3.05) is 14.1 Å². The smallest absolute Gasteiger partial charge is 0.238 e. The molecule has 0 saturated carbocycles. The van der Waals surface area contributed by atoms with Crippen molar-refractivity contribution in [2.45, 2.75) is 25.9 Å². The van der Waals surface area contributed by atoms with Gasteiger partial charge in [-0.25, -0.2) is 4.98 Å². The van der Waals surface area contributed by atoms with Crippen LogP contribution in [0.2, 0.25) is 0 Å². The van der Waals surface area contributed by atoms with Crippen LogP contribution in [0, 0.1) is 0 Å². The molecule has 0 fully saturated rings. The average Bonchev–Trinajstić information content (AvgIpc) is 2.75. The van der Waals surface area contributed by atoms with Crippen LogP contribution in [0.1, 0.15) is 25.7 Å². The summed E-state index contributed by atoms with van der Waals surface area (Å²) in [6.45, 7) is 3.90. The molecule has 2 unspecified atom stereocenters. The van der Waals surface area contributed by atoms with E-state index >= 15 is 0 Å². The number of hydrogen-bond donors (Lipinski definition) is 1. The third-order valence-electron chi connectivity index (χ3n) is 3.52. The monoisotopic (exact) mass is 274 g/mol. The van der Waals surface area contributed by atoms with Crippen molar-refractivity contribution in [2.24, 2.45) is 7.05 Å². The van der Waals surface area contributed by atoms with E-state index in [1.54, 1.807) is 19.0 Å². The van der Waals surface area contributed by atoms with Crippen molar-refractivity contribution in [1.82, 2.24) is 19.8 Å². The molecule has 0 aliphatic carbocycles. The Morgan fingerprint density at radius 3 is 2.55 bits per heavy atom. The molecule has 0 spiro atoms. The summed E-state index contributed by atoms with van der Waals surface area (Å²) >= 11 is 0. The highest BCUT2D eigenvalue weighted by molar-refractivity contribution is 5.81. The number of fused-ring (bicyclic) bond motifs is 1. The topological polar surface area (TPSA) is 50.2 Å². The van der Waals surface area contributed by atoms with E-state index < -0.39 is 0 Å². The summed E-state index contributed by atoms with van der Waals surface area (Å²) in [6, 6.07) is 7.80. The number of nitrogens with zero attached hydrogens (tertiary/aromatic N) is 3. The Morgan fingerprint density at radius 2 is 1.95 bits per heavy atom. The Balaban J connectivity index is 2.21. The van der Waals surface area contributed by atoms with Crippen LogP contribution in [0.15, 0.2) is 24.3 Å². The summed E-state index contributed by atoms with van der Waals surface area (Å²) in [5.74, 6) is 1.00. The summed E-state index contributed by atoms with van der Waals surface area (Å²) in [5.41, 5.74) is 2.08. The maximum Gasteiger partial charge on any atom is 0.238 e. The molecule has 5 heteroatoms. The van der Waals surface area contributed by atoms with Crippen LogP contribution in [-0.4, -0.2) is 40.5 Å². The van der Waals surface area contributed by atoms with E-state index in [0.29, 0.717) is 0 Å². The summed E-state index contributed by atoms with van der Waals surface area (Å²) in [4.78, 5) is 18.1. The van der Waals surface area contributed by atoms with Crippen molar-refractivity contribution in [3.63, 3.8) is 0 Å².